The highest BCUT2D eigenvalue weighted by atomic mass is 79.9. The smallest absolute Gasteiger partial charge is 0.0326 e. The molecule has 1 N–H and O–H groups in total. The first-order valence-corrected chi connectivity index (χ1v) is 5.76. The van der Waals surface area contributed by atoms with Gasteiger partial charge >= 0.3 is 0 Å². The van der Waals surface area contributed by atoms with Gasteiger partial charge in [0, 0.05) is 15.6 Å². The summed E-state index contributed by atoms with van der Waals surface area (Å²) < 4.78 is 1.11. The molecule has 0 saturated heterocycles. The SMILES string of the molecule is CC(=N)C1(c2ccc(Br)cc2)CCC1. The van der Waals surface area contributed by atoms with Gasteiger partial charge in [-0.25, -0.2) is 0 Å². The van der Waals surface area contributed by atoms with Crippen molar-refractivity contribution in [3.05, 3.63) is 34.3 Å². The fourth-order valence-electron chi connectivity index (χ4n) is 2.18. The minimum atomic E-state index is 0.0701. The molecule has 0 radical (unpaired) electrons. The highest BCUT2D eigenvalue weighted by Crippen LogP contribution is 2.44. The molecule has 1 aliphatic carbocycles. The Morgan fingerprint density at radius 1 is 1.29 bits per heavy atom. The summed E-state index contributed by atoms with van der Waals surface area (Å²) in [6.07, 6.45) is 3.54. The lowest BCUT2D eigenvalue weighted by molar-refractivity contribution is 0.338. The van der Waals surface area contributed by atoms with E-state index in [0.717, 1.165) is 23.0 Å². The summed E-state index contributed by atoms with van der Waals surface area (Å²) >= 11 is 3.44. The lowest BCUT2D eigenvalue weighted by Gasteiger charge is -2.42. The average molecular weight is 252 g/mol. The molecule has 0 heterocycles. The topological polar surface area (TPSA) is 23.9 Å². The van der Waals surface area contributed by atoms with Gasteiger partial charge in [0.05, 0.1) is 0 Å². The van der Waals surface area contributed by atoms with E-state index >= 15 is 0 Å². The molecule has 2 heteroatoms. The van der Waals surface area contributed by atoms with Gasteiger partial charge in [-0.2, -0.15) is 0 Å². The Bertz CT molecular complexity index is 349. The molecule has 1 saturated carbocycles. The molecule has 0 unspecified atom stereocenters. The summed E-state index contributed by atoms with van der Waals surface area (Å²) in [4.78, 5) is 0. The zero-order valence-corrected chi connectivity index (χ0v) is 9.89. The van der Waals surface area contributed by atoms with Crippen molar-refractivity contribution in [2.75, 3.05) is 0 Å². The molecular weight excluding hydrogens is 238 g/mol. The number of halogens is 1. The Morgan fingerprint density at radius 3 is 2.21 bits per heavy atom. The number of benzene rings is 1. The van der Waals surface area contributed by atoms with Crippen molar-refractivity contribution in [3.63, 3.8) is 0 Å². The van der Waals surface area contributed by atoms with Crippen LogP contribution < -0.4 is 0 Å². The van der Waals surface area contributed by atoms with E-state index in [1.807, 2.05) is 6.92 Å². The number of rotatable bonds is 2. The predicted octanol–water partition coefficient (Wildman–Crippen LogP) is 3.91. The van der Waals surface area contributed by atoms with E-state index in [4.69, 9.17) is 5.41 Å². The van der Waals surface area contributed by atoms with Crippen LogP contribution in [0.2, 0.25) is 0 Å². The van der Waals surface area contributed by atoms with E-state index < -0.39 is 0 Å². The zero-order valence-electron chi connectivity index (χ0n) is 8.31. The van der Waals surface area contributed by atoms with Crippen LogP contribution in [0.1, 0.15) is 31.7 Å². The van der Waals surface area contributed by atoms with Gasteiger partial charge in [0.15, 0.2) is 0 Å². The maximum atomic E-state index is 7.88. The molecular formula is C12H14BrN. The van der Waals surface area contributed by atoms with Gasteiger partial charge in [-0.05, 0) is 37.5 Å². The molecule has 1 nitrogen and oxygen atoms in total. The van der Waals surface area contributed by atoms with Crippen molar-refractivity contribution in [3.8, 4) is 0 Å². The normalized spacial score (nSPS) is 18.7. The van der Waals surface area contributed by atoms with Crippen molar-refractivity contribution in [1.29, 1.82) is 5.41 Å². The van der Waals surface area contributed by atoms with E-state index in [1.54, 1.807) is 0 Å². The Kier molecular flexibility index (Phi) is 2.48. The van der Waals surface area contributed by atoms with Crippen LogP contribution >= 0.6 is 15.9 Å². The van der Waals surface area contributed by atoms with Crippen LogP contribution in [0.3, 0.4) is 0 Å². The van der Waals surface area contributed by atoms with Crippen molar-refractivity contribution >= 4 is 21.6 Å². The van der Waals surface area contributed by atoms with Gasteiger partial charge in [0.1, 0.15) is 0 Å². The van der Waals surface area contributed by atoms with Crippen LogP contribution in [0, 0.1) is 5.41 Å². The molecule has 0 amide bonds. The largest absolute Gasteiger partial charge is 0.309 e. The molecule has 0 aromatic heterocycles. The minimum Gasteiger partial charge on any atom is -0.309 e. The molecule has 0 spiro atoms. The summed E-state index contributed by atoms with van der Waals surface area (Å²) in [5.41, 5.74) is 2.19. The monoisotopic (exact) mass is 251 g/mol. The first-order chi connectivity index (χ1) is 6.65. The van der Waals surface area contributed by atoms with Crippen LogP contribution in [0.4, 0.5) is 0 Å². The standard InChI is InChI=1S/C12H14BrN/c1-9(14)12(7-2-8-12)10-3-5-11(13)6-4-10/h3-6,14H,2,7-8H2,1H3. The Balaban J connectivity index is 2.37. The first-order valence-electron chi connectivity index (χ1n) is 4.97. The van der Waals surface area contributed by atoms with E-state index in [1.165, 1.54) is 12.0 Å². The second kappa shape index (κ2) is 3.50. The quantitative estimate of drug-likeness (QED) is 0.771. The average Bonchev–Trinajstić information content (AvgIpc) is 2.05. The van der Waals surface area contributed by atoms with E-state index in [9.17, 15) is 0 Å². The van der Waals surface area contributed by atoms with Crippen molar-refractivity contribution in [1.82, 2.24) is 0 Å². The third-order valence-electron chi connectivity index (χ3n) is 3.32. The summed E-state index contributed by atoms with van der Waals surface area (Å²) in [6.45, 7) is 1.93. The van der Waals surface area contributed by atoms with Crippen LogP contribution in [-0.4, -0.2) is 5.71 Å². The van der Waals surface area contributed by atoms with Gasteiger partial charge in [-0.15, -0.1) is 0 Å². The summed E-state index contributed by atoms with van der Waals surface area (Å²) in [7, 11) is 0. The van der Waals surface area contributed by atoms with E-state index in [2.05, 4.69) is 40.2 Å². The van der Waals surface area contributed by atoms with Crippen LogP contribution in [0.15, 0.2) is 28.7 Å². The fourth-order valence-corrected chi connectivity index (χ4v) is 2.44. The molecule has 2 rings (SSSR count). The van der Waals surface area contributed by atoms with Gasteiger partial charge in [0.25, 0.3) is 0 Å². The molecule has 1 fully saturated rings. The van der Waals surface area contributed by atoms with Gasteiger partial charge in [-0.1, -0.05) is 34.5 Å². The van der Waals surface area contributed by atoms with Crippen molar-refractivity contribution < 1.29 is 0 Å². The Morgan fingerprint density at radius 2 is 1.86 bits per heavy atom. The van der Waals surface area contributed by atoms with Crippen LogP contribution in [0.5, 0.6) is 0 Å². The maximum Gasteiger partial charge on any atom is 0.0326 e. The predicted molar refractivity (Wildman–Crippen MR) is 63.1 cm³/mol. The fraction of sp³-hybridized carbons (Fsp3) is 0.417. The number of hydrogen-bond acceptors (Lipinski definition) is 1. The summed E-state index contributed by atoms with van der Waals surface area (Å²) in [6, 6.07) is 8.42. The number of nitrogens with one attached hydrogen (secondary N) is 1. The molecule has 0 bridgehead atoms. The van der Waals surface area contributed by atoms with Crippen molar-refractivity contribution in [2.45, 2.75) is 31.6 Å². The zero-order chi connectivity index (χ0) is 10.2. The third-order valence-corrected chi connectivity index (χ3v) is 3.85. The Hall–Kier alpha value is -0.630. The maximum absolute atomic E-state index is 7.88. The third kappa shape index (κ3) is 1.42. The molecule has 0 atom stereocenters. The Labute approximate surface area is 93.2 Å². The van der Waals surface area contributed by atoms with E-state index in [-0.39, 0.29) is 5.41 Å². The second-order valence-electron chi connectivity index (χ2n) is 4.07. The molecule has 1 aromatic carbocycles. The van der Waals surface area contributed by atoms with E-state index in [0.29, 0.717) is 0 Å². The highest BCUT2D eigenvalue weighted by molar-refractivity contribution is 9.10. The molecule has 1 aliphatic rings. The molecule has 14 heavy (non-hydrogen) atoms. The van der Waals surface area contributed by atoms with Crippen LogP contribution in [0.25, 0.3) is 0 Å². The second-order valence-corrected chi connectivity index (χ2v) is 4.98. The summed E-state index contributed by atoms with van der Waals surface area (Å²) in [5.74, 6) is 0. The summed E-state index contributed by atoms with van der Waals surface area (Å²) in [5, 5.41) is 7.88. The minimum absolute atomic E-state index is 0.0701. The molecule has 1 aromatic rings. The van der Waals surface area contributed by atoms with Crippen molar-refractivity contribution in [2.24, 2.45) is 0 Å². The molecule has 74 valence electrons. The van der Waals surface area contributed by atoms with Crippen LogP contribution in [-0.2, 0) is 5.41 Å². The van der Waals surface area contributed by atoms with Gasteiger partial charge in [-0.3, -0.25) is 0 Å². The lowest BCUT2D eigenvalue weighted by Crippen LogP contribution is -2.40. The van der Waals surface area contributed by atoms with Gasteiger partial charge < -0.3 is 5.41 Å². The highest BCUT2D eigenvalue weighted by Gasteiger charge is 2.40. The lowest BCUT2D eigenvalue weighted by atomic mass is 9.62. The molecule has 0 aliphatic heterocycles. The van der Waals surface area contributed by atoms with Gasteiger partial charge in [0.2, 0.25) is 0 Å². The first kappa shape index (κ1) is 9.91. The number of hydrogen-bond donors (Lipinski definition) is 1.